The van der Waals surface area contributed by atoms with E-state index in [1.165, 1.54) is 0 Å². The van der Waals surface area contributed by atoms with Gasteiger partial charge in [0.05, 0.1) is 12.3 Å². The fourth-order valence-corrected chi connectivity index (χ4v) is 3.02. The van der Waals surface area contributed by atoms with E-state index in [2.05, 4.69) is 4.98 Å². The van der Waals surface area contributed by atoms with E-state index in [0.29, 0.717) is 29.3 Å². The van der Waals surface area contributed by atoms with E-state index in [1.807, 2.05) is 37.3 Å². The molecule has 1 N–H and O–H groups in total. The Hall–Kier alpha value is -2.37. The third-order valence-electron chi connectivity index (χ3n) is 4.07. The largest absolute Gasteiger partial charge is 0.395 e. The summed E-state index contributed by atoms with van der Waals surface area (Å²) in [7, 11) is 0. The number of aliphatic hydroxyl groups excluding tert-OH is 1. The third-order valence-corrected chi connectivity index (χ3v) is 4.31. The minimum absolute atomic E-state index is 0.0946. The van der Waals surface area contributed by atoms with Gasteiger partial charge in [0.2, 0.25) is 0 Å². The molecule has 130 valence electrons. The van der Waals surface area contributed by atoms with Crippen molar-refractivity contribution in [3.8, 4) is 0 Å². The number of rotatable bonds is 6. The molecule has 0 bridgehead atoms. The summed E-state index contributed by atoms with van der Waals surface area (Å²) >= 11 is 6.04. The predicted octanol–water partition coefficient (Wildman–Crippen LogP) is 3.18. The van der Waals surface area contributed by atoms with E-state index in [4.69, 9.17) is 11.6 Å². The molecule has 2 aromatic heterocycles. The summed E-state index contributed by atoms with van der Waals surface area (Å²) in [5, 5.41) is 9.98. The van der Waals surface area contributed by atoms with Crippen LogP contribution in [0.5, 0.6) is 0 Å². The first-order chi connectivity index (χ1) is 12.1. The summed E-state index contributed by atoms with van der Waals surface area (Å²) < 4.78 is 1.77. The van der Waals surface area contributed by atoms with Crippen molar-refractivity contribution >= 4 is 23.2 Å². The highest BCUT2D eigenvalue weighted by molar-refractivity contribution is 6.30. The first-order valence-corrected chi connectivity index (χ1v) is 8.62. The summed E-state index contributed by atoms with van der Waals surface area (Å²) in [6.45, 7) is 2.57. The van der Waals surface area contributed by atoms with Gasteiger partial charge in [-0.3, -0.25) is 9.20 Å². The fourth-order valence-electron chi connectivity index (χ4n) is 2.87. The quantitative estimate of drug-likeness (QED) is 0.737. The fraction of sp³-hybridized carbons (Fsp3) is 0.263. The molecule has 3 rings (SSSR count). The van der Waals surface area contributed by atoms with Gasteiger partial charge in [0.1, 0.15) is 11.3 Å². The zero-order chi connectivity index (χ0) is 17.8. The van der Waals surface area contributed by atoms with Gasteiger partial charge in [-0.15, -0.1) is 0 Å². The van der Waals surface area contributed by atoms with Gasteiger partial charge in [-0.2, -0.15) is 0 Å². The maximum Gasteiger partial charge on any atom is 0.273 e. The van der Waals surface area contributed by atoms with E-state index in [0.717, 1.165) is 11.3 Å². The molecule has 2 heterocycles. The normalized spacial score (nSPS) is 11.0. The number of nitrogens with zero attached hydrogens (tertiary/aromatic N) is 3. The van der Waals surface area contributed by atoms with Gasteiger partial charge >= 0.3 is 0 Å². The zero-order valence-electron chi connectivity index (χ0n) is 14.0. The van der Waals surface area contributed by atoms with Crippen LogP contribution in [0.25, 0.3) is 5.65 Å². The summed E-state index contributed by atoms with van der Waals surface area (Å²) in [4.78, 5) is 19.4. The molecule has 0 atom stereocenters. The van der Waals surface area contributed by atoms with Crippen molar-refractivity contribution in [1.29, 1.82) is 0 Å². The summed E-state index contributed by atoms with van der Waals surface area (Å²) in [5.41, 5.74) is 2.91. The van der Waals surface area contributed by atoms with Crippen LogP contribution in [0.15, 0.2) is 48.7 Å². The van der Waals surface area contributed by atoms with E-state index in [9.17, 15) is 9.90 Å². The molecule has 0 radical (unpaired) electrons. The van der Waals surface area contributed by atoms with Crippen LogP contribution in [-0.4, -0.2) is 38.4 Å². The number of carbonyl (C=O) groups excluding carboxylic acids is 1. The lowest BCUT2D eigenvalue weighted by Crippen LogP contribution is -2.34. The number of halogens is 1. The number of amides is 1. The Balaban J connectivity index is 2.00. The van der Waals surface area contributed by atoms with Crippen LogP contribution in [0.2, 0.25) is 5.02 Å². The second-order valence-electron chi connectivity index (χ2n) is 5.77. The Morgan fingerprint density at radius 3 is 2.72 bits per heavy atom. The van der Waals surface area contributed by atoms with Crippen LogP contribution >= 0.6 is 11.6 Å². The molecule has 0 saturated carbocycles. The summed E-state index contributed by atoms with van der Waals surface area (Å²) in [5.74, 6) is -0.149. The average Bonchev–Trinajstić information content (AvgIpc) is 2.99. The number of hydrogen-bond acceptors (Lipinski definition) is 3. The smallest absolute Gasteiger partial charge is 0.273 e. The molecule has 25 heavy (non-hydrogen) atoms. The molecule has 0 saturated heterocycles. The highest BCUT2D eigenvalue weighted by Gasteiger charge is 2.23. The second kappa shape index (κ2) is 7.68. The van der Waals surface area contributed by atoms with Gasteiger partial charge in [-0.05, 0) is 18.1 Å². The van der Waals surface area contributed by atoms with Crippen LogP contribution in [0.1, 0.15) is 28.7 Å². The molecule has 0 spiro atoms. The molecular formula is C19H20ClN3O2. The van der Waals surface area contributed by atoms with Gasteiger partial charge in [0, 0.05) is 30.4 Å². The number of aromatic nitrogens is 2. The molecule has 0 unspecified atom stereocenters. The second-order valence-corrected chi connectivity index (χ2v) is 6.21. The molecule has 5 nitrogen and oxygen atoms in total. The molecule has 0 aliphatic rings. The number of aryl methyl sites for hydroxylation is 1. The maximum absolute atomic E-state index is 13.2. The number of carbonyl (C=O) groups is 1. The number of benzene rings is 1. The van der Waals surface area contributed by atoms with Crippen molar-refractivity contribution in [2.24, 2.45) is 0 Å². The highest BCUT2D eigenvalue weighted by Crippen LogP contribution is 2.20. The highest BCUT2D eigenvalue weighted by atomic mass is 35.5. The number of imidazole rings is 1. The standard InChI is InChI=1S/C19H20ClN3O2/c1-2-16-18(23-9-8-15(20)12-17(23)21-16)19(25)22(10-11-24)13-14-6-4-3-5-7-14/h3-9,12,24H,2,10-11,13H2,1H3. The molecule has 0 aliphatic carbocycles. The molecule has 0 fully saturated rings. The maximum atomic E-state index is 13.2. The molecule has 1 aromatic carbocycles. The predicted molar refractivity (Wildman–Crippen MR) is 97.8 cm³/mol. The summed E-state index contributed by atoms with van der Waals surface area (Å²) in [6.07, 6.45) is 2.40. The lowest BCUT2D eigenvalue weighted by Gasteiger charge is -2.22. The number of fused-ring (bicyclic) bond motifs is 1. The molecule has 3 aromatic rings. The van der Waals surface area contributed by atoms with Crippen LogP contribution in [0, 0.1) is 0 Å². The van der Waals surface area contributed by atoms with Gasteiger partial charge < -0.3 is 10.0 Å². The molecule has 6 heteroatoms. The molecule has 0 aliphatic heterocycles. The van der Waals surface area contributed by atoms with Crippen molar-refractivity contribution < 1.29 is 9.90 Å². The van der Waals surface area contributed by atoms with Gasteiger partial charge in [-0.1, -0.05) is 48.9 Å². The number of hydrogen-bond donors (Lipinski definition) is 1. The van der Waals surface area contributed by atoms with Crippen LogP contribution in [0.4, 0.5) is 0 Å². The lowest BCUT2D eigenvalue weighted by molar-refractivity contribution is 0.0699. The Bertz CT molecular complexity index is 877. The topological polar surface area (TPSA) is 57.8 Å². The van der Waals surface area contributed by atoms with Gasteiger partial charge in [0.25, 0.3) is 5.91 Å². The van der Waals surface area contributed by atoms with Crippen molar-refractivity contribution in [2.45, 2.75) is 19.9 Å². The van der Waals surface area contributed by atoms with E-state index < -0.39 is 0 Å². The van der Waals surface area contributed by atoms with E-state index in [1.54, 1.807) is 27.6 Å². The number of aliphatic hydroxyl groups is 1. The molecule has 1 amide bonds. The first kappa shape index (κ1) is 17.5. The molecular weight excluding hydrogens is 338 g/mol. The van der Waals surface area contributed by atoms with E-state index >= 15 is 0 Å². The van der Waals surface area contributed by atoms with Crippen LogP contribution in [-0.2, 0) is 13.0 Å². The SMILES string of the molecule is CCc1nc2cc(Cl)ccn2c1C(=O)N(CCO)Cc1ccccc1. The van der Waals surface area contributed by atoms with Crippen LogP contribution < -0.4 is 0 Å². The lowest BCUT2D eigenvalue weighted by atomic mass is 10.2. The number of pyridine rings is 1. The third kappa shape index (κ3) is 3.67. The Morgan fingerprint density at radius 2 is 2.04 bits per heavy atom. The monoisotopic (exact) mass is 357 g/mol. The van der Waals surface area contributed by atoms with E-state index in [-0.39, 0.29) is 19.1 Å². The van der Waals surface area contributed by atoms with Crippen molar-refractivity contribution in [3.05, 3.63) is 70.6 Å². The first-order valence-electron chi connectivity index (χ1n) is 8.24. The van der Waals surface area contributed by atoms with Gasteiger partial charge in [-0.25, -0.2) is 4.98 Å². The van der Waals surface area contributed by atoms with Gasteiger partial charge in [0.15, 0.2) is 0 Å². The van der Waals surface area contributed by atoms with Crippen LogP contribution in [0.3, 0.4) is 0 Å². The van der Waals surface area contributed by atoms with Crippen molar-refractivity contribution in [1.82, 2.24) is 14.3 Å². The minimum Gasteiger partial charge on any atom is -0.395 e. The van der Waals surface area contributed by atoms with Crippen molar-refractivity contribution in [2.75, 3.05) is 13.2 Å². The minimum atomic E-state index is -0.149. The zero-order valence-corrected chi connectivity index (χ0v) is 14.8. The average molecular weight is 358 g/mol. The summed E-state index contributed by atoms with van der Waals surface area (Å²) in [6, 6.07) is 13.2. The Labute approximate surface area is 151 Å². The Morgan fingerprint density at radius 1 is 1.28 bits per heavy atom. The Kier molecular flexibility index (Phi) is 5.36. The van der Waals surface area contributed by atoms with Crippen molar-refractivity contribution in [3.63, 3.8) is 0 Å².